The Morgan fingerprint density at radius 1 is 1.50 bits per heavy atom. The highest BCUT2D eigenvalue weighted by molar-refractivity contribution is 5.35. The number of nitro groups is 1. The minimum atomic E-state index is -0.476. The molecule has 1 aromatic rings. The predicted octanol–water partition coefficient (Wildman–Crippen LogP) is 1.99. The molecule has 0 radical (unpaired) electrons. The summed E-state index contributed by atoms with van der Waals surface area (Å²) in [6, 6.07) is 5.65. The van der Waals surface area contributed by atoms with Crippen LogP contribution in [-0.4, -0.2) is 11.5 Å². The second-order valence-corrected chi connectivity index (χ2v) is 2.81. The van der Waals surface area contributed by atoms with Crippen molar-refractivity contribution in [2.45, 2.75) is 6.92 Å². The van der Waals surface area contributed by atoms with Crippen LogP contribution in [0.1, 0.15) is 6.92 Å². The molecule has 86 valence electrons. The van der Waals surface area contributed by atoms with Gasteiger partial charge in [-0.2, -0.15) is 5.48 Å². The molecule has 0 unspecified atom stereocenters. The van der Waals surface area contributed by atoms with Gasteiger partial charge in [0.2, 0.25) is 5.88 Å². The van der Waals surface area contributed by atoms with Crippen molar-refractivity contribution >= 4 is 5.69 Å². The summed E-state index contributed by atoms with van der Waals surface area (Å²) in [5.74, 6) is 0.715. The third-order valence-corrected chi connectivity index (χ3v) is 1.65. The highest BCUT2D eigenvalue weighted by atomic mass is 16.7. The number of nitrogens with zero attached hydrogens (tertiary/aromatic N) is 1. The summed E-state index contributed by atoms with van der Waals surface area (Å²) in [5.41, 5.74) is 2.47. The molecule has 6 heteroatoms. The first-order chi connectivity index (χ1) is 7.63. The fourth-order valence-electron chi connectivity index (χ4n) is 0.955. The lowest BCUT2D eigenvalue weighted by molar-refractivity contribution is -0.384. The van der Waals surface area contributed by atoms with Crippen LogP contribution >= 0.6 is 0 Å². The average Bonchev–Trinajstić information content (AvgIpc) is 2.27. The lowest BCUT2D eigenvalue weighted by atomic mass is 10.3. The second-order valence-electron chi connectivity index (χ2n) is 2.81. The molecule has 0 aliphatic heterocycles. The topological polar surface area (TPSA) is 73.6 Å². The first-order valence-corrected chi connectivity index (χ1v) is 4.62. The summed E-state index contributed by atoms with van der Waals surface area (Å²) in [5, 5.41) is 10.4. The molecule has 0 amide bonds. The maximum atomic E-state index is 10.4. The number of ether oxygens (including phenoxy) is 1. The van der Waals surface area contributed by atoms with Crippen LogP contribution in [0.2, 0.25) is 0 Å². The van der Waals surface area contributed by atoms with E-state index in [4.69, 9.17) is 9.57 Å². The van der Waals surface area contributed by atoms with Gasteiger partial charge in [0.25, 0.3) is 5.69 Å². The second kappa shape index (κ2) is 5.59. The van der Waals surface area contributed by atoms with Gasteiger partial charge < -0.3 is 9.57 Å². The number of benzene rings is 1. The highest BCUT2D eigenvalue weighted by Gasteiger charge is 2.04. The van der Waals surface area contributed by atoms with Crippen molar-refractivity contribution in [3.8, 4) is 5.75 Å². The fourth-order valence-corrected chi connectivity index (χ4v) is 0.955. The highest BCUT2D eigenvalue weighted by Crippen LogP contribution is 2.16. The van der Waals surface area contributed by atoms with Gasteiger partial charge in [0.1, 0.15) is 0 Å². The van der Waals surface area contributed by atoms with E-state index in [-0.39, 0.29) is 11.6 Å². The summed E-state index contributed by atoms with van der Waals surface area (Å²) in [4.78, 5) is 15.0. The van der Waals surface area contributed by atoms with Gasteiger partial charge in [-0.3, -0.25) is 10.1 Å². The molecular weight excluding hydrogens is 212 g/mol. The molecule has 0 aliphatic rings. The standard InChI is InChI=1S/C10H12N2O4/c1-3-15-8(2)11-16-10-6-4-9(5-7-10)12(13)14/h4-7,11H,2-3H2,1H3. The van der Waals surface area contributed by atoms with E-state index in [2.05, 4.69) is 12.1 Å². The maximum Gasteiger partial charge on any atom is 0.269 e. The van der Waals surface area contributed by atoms with Crippen LogP contribution in [0.3, 0.4) is 0 Å². The van der Waals surface area contributed by atoms with E-state index in [1.807, 2.05) is 6.92 Å². The van der Waals surface area contributed by atoms with Crippen LogP contribution in [0.4, 0.5) is 5.69 Å². The van der Waals surface area contributed by atoms with E-state index in [0.717, 1.165) is 0 Å². The van der Waals surface area contributed by atoms with Crippen LogP contribution in [-0.2, 0) is 4.74 Å². The number of hydrogen-bond donors (Lipinski definition) is 1. The molecule has 0 heterocycles. The molecule has 0 aliphatic carbocycles. The predicted molar refractivity (Wildman–Crippen MR) is 57.6 cm³/mol. The van der Waals surface area contributed by atoms with Gasteiger partial charge in [0, 0.05) is 12.1 Å². The smallest absolute Gasteiger partial charge is 0.269 e. The average molecular weight is 224 g/mol. The SMILES string of the molecule is C=C(NOc1ccc([N+](=O)[O-])cc1)OCC. The van der Waals surface area contributed by atoms with Crippen molar-refractivity contribution in [2.75, 3.05) is 6.61 Å². The lowest BCUT2D eigenvalue weighted by Crippen LogP contribution is -2.18. The zero-order chi connectivity index (χ0) is 12.0. The lowest BCUT2D eigenvalue weighted by Gasteiger charge is -2.10. The van der Waals surface area contributed by atoms with Crippen molar-refractivity contribution in [1.82, 2.24) is 5.48 Å². The maximum absolute atomic E-state index is 10.4. The number of non-ortho nitro benzene ring substituents is 1. The zero-order valence-corrected chi connectivity index (χ0v) is 8.80. The Bertz CT molecular complexity index is 375. The van der Waals surface area contributed by atoms with E-state index in [9.17, 15) is 10.1 Å². The van der Waals surface area contributed by atoms with Crippen molar-refractivity contribution in [3.05, 3.63) is 46.8 Å². The molecule has 0 saturated heterocycles. The van der Waals surface area contributed by atoms with Crippen LogP contribution in [0.5, 0.6) is 5.75 Å². The van der Waals surface area contributed by atoms with Gasteiger partial charge in [-0.1, -0.05) is 0 Å². The van der Waals surface area contributed by atoms with E-state index in [1.54, 1.807) is 0 Å². The summed E-state index contributed by atoms with van der Waals surface area (Å²) >= 11 is 0. The molecule has 1 N–H and O–H groups in total. The van der Waals surface area contributed by atoms with Crippen LogP contribution in [0.15, 0.2) is 36.7 Å². The molecule has 1 aromatic carbocycles. The van der Waals surface area contributed by atoms with Crippen LogP contribution < -0.4 is 10.3 Å². The summed E-state index contributed by atoms with van der Waals surface area (Å²) in [6.07, 6.45) is 0. The number of nitro benzene ring substituents is 1. The Hall–Kier alpha value is -2.24. The minimum Gasteiger partial charge on any atom is -0.478 e. The molecule has 0 atom stereocenters. The van der Waals surface area contributed by atoms with Crippen molar-refractivity contribution < 1.29 is 14.5 Å². The van der Waals surface area contributed by atoms with Gasteiger partial charge in [0.05, 0.1) is 11.5 Å². The number of rotatable bonds is 6. The third-order valence-electron chi connectivity index (χ3n) is 1.65. The molecule has 6 nitrogen and oxygen atoms in total. The Kier molecular flexibility index (Phi) is 4.14. The molecular formula is C10H12N2O4. The molecule has 0 aromatic heterocycles. The van der Waals surface area contributed by atoms with E-state index < -0.39 is 4.92 Å². The van der Waals surface area contributed by atoms with Crippen LogP contribution in [0.25, 0.3) is 0 Å². The summed E-state index contributed by atoms with van der Waals surface area (Å²) in [6.45, 7) is 5.84. The number of hydroxylamine groups is 1. The molecule has 0 saturated carbocycles. The number of nitrogens with one attached hydrogen (secondary N) is 1. The normalized spacial score (nSPS) is 9.31. The Morgan fingerprint density at radius 3 is 2.62 bits per heavy atom. The first kappa shape index (κ1) is 11.8. The summed E-state index contributed by atoms with van der Waals surface area (Å²) < 4.78 is 4.99. The fraction of sp³-hybridized carbons (Fsp3) is 0.200. The molecule has 0 fully saturated rings. The van der Waals surface area contributed by atoms with Crippen molar-refractivity contribution in [2.24, 2.45) is 0 Å². The van der Waals surface area contributed by atoms with Gasteiger partial charge in [-0.15, -0.1) is 0 Å². The van der Waals surface area contributed by atoms with Crippen molar-refractivity contribution in [3.63, 3.8) is 0 Å². The molecule has 16 heavy (non-hydrogen) atoms. The zero-order valence-electron chi connectivity index (χ0n) is 8.80. The molecule has 0 spiro atoms. The van der Waals surface area contributed by atoms with Gasteiger partial charge in [-0.25, -0.2) is 0 Å². The molecule has 0 bridgehead atoms. The largest absolute Gasteiger partial charge is 0.478 e. The Morgan fingerprint density at radius 2 is 2.12 bits per heavy atom. The quantitative estimate of drug-likeness (QED) is 0.454. The first-order valence-electron chi connectivity index (χ1n) is 4.62. The van der Waals surface area contributed by atoms with Gasteiger partial charge >= 0.3 is 0 Å². The van der Waals surface area contributed by atoms with E-state index >= 15 is 0 Å². The van der Waals surface area contributed by atoms with E-state index in [0.29, 0.717) is 12.4 Å². The third kappa shape index (κ3) is 3.49. The summed E-state index contributed by atoms with van der Waals surface area (Å²) in [7, 11) is 0. The molecule has 1 rings (SSSR count). The Balaban J connectivity index is 2.49. The van der Waals surface area contributed by atoms with E-state index in [1.165, 1.54) is 24.3 Å². The van der Waals surface area contributed by atoms with Gasteiger partial charge in [0.15, 0.2) is 5.75 Å². The Labute approximate surface area is 92.6 Å². The van der Waals surface area contributed by atoms with Crippen LogP contribution in [0, 0.1) is 10.1 Å². The van der Waals surface area contributed by atoms with Gasteiger partial charge in [-0.05, 0) is 25.6 Å². The minimum absolute atomic E-state index is 0.0102. The number of hydrogen-bond acceptors (Lipinski definition) is 5. The van der Waals surface area contributed by atoms with Crippen molar-refractivity contribution in [1.29, 1.82) is 0 Å². The monoisotopic (exact) mass is 224 g/mol.